The van der Waals surface area contributed by atoms with Gasteiger partial charge in [-0.05, 0) is 79.4 Å². The number of rotatable bonds is 9. The van der Waals surface area contributed by atoms with Gasteiger partial charge in [0.25, 0.3) is 0 Å². The number of pyridine rings is 1. The van der Waals surface area contributed by atoms with Gasteiger partial charge in [-0.25, -0.2) is 19.6 Å². The number of nitrogens with zero attached hydrogens (tertiary/aromatic N) is 3. The number of halogens is 1. The van der Waals surface area contributed by atoms with E-state index in [1.165, 1.54) is 16.2 Å². The van der Waals surface area contributed by atoms with Crippen LogP contribution in [0.5, 0.6) is 11.5 Å². The molecule has 310 valence electrons. The van der Waals surface area contributed by atoms with E-state index in [9.17, 15) is 29.1 Å². The number of nitrogens with one attached hydrogen (secondary N) is 3. The quantitative estimate of drug-likeness (QED) is 0.169. The van der Waals surface area contributed by atoms with Crippen molar-refractivity contribution in [2.75, 3.05) is 19.0 Å². The maximum absolute atomic E-state index is 14.6. The van der Waals surface area contributed by atoms with Crippen LogP contribution in [0.3, 0.4) is 0 Å². The Morgan fingerprint density at radius 2 is 1.81 bits per heavy atom. The van der Waals surface area contributed by atoms with E-state index in [0.717, 1.165) is 44.9 Å². The van der Waals surface area contributed by atoms with E-state index in [1.54, 1.807) is 44.5 Å². The van der Waals surface area contributed by atoms with Crippen molar-refractivity contribution in [1.82, 2.24) is 25.5 Å². The van der Waals surface area contributed by atoms with Gasteiger partial charge in [-0.2, -0.15) is 0 Å². The van der Waals surface area contributed by atoms with Crippen LogP contribution in [0.4, 0.5) is 9.93 Å². The maximum atomic E-state index is 14.6. The molecular formula is C41H49BrN6O9S. The van der Waals surface area contributed by atoms with Crippen LogP contribution in [-0.2, 0) is 23.9 Å². The minimum absolute atomic E-state index is 0.0191. The van der Waals surface area contributed by atoms with Crippen molar-refractivity contribution in [3.05, 3.63) is 40.2 Å². The highest BCUT2D eigenvalue weighted by Crippen LogP contribution is 2.46. The zero-order valence-corrected chi connectivity index (χ0v) is 35.2. The Morgan fingerprint density at radius 3 is 2.55 bits per heavy atom. The molecule has 2 aliphatic heterocycles. The Morgan fingerprint density at radius 1 is 1.03 bits per heavy atom. The second kappa shape index (κ2) is 17.6. The molecule has 2 aromatic heterocycles. The lowest BCUT2D eigenvalue weighted by atomic mass is 10.0. The highest BCUT2D eigenvalue weighted by molar-refractivity contribution is 9.10. The van der Waals surface area contributed by atoms with Crippen molar-refractivity contribution in [1.29, 1.82) is 0 Å². The van der Waals surface area contributed by atoms with Crippen molar-refractivity contribution >= 4 is 73.1 Å². The van der Waals surface area contributed by atoms with Gasteiger partial charge in [-0.15, -0.1) is 11.3 Å². The van der Waals surface area contributed by atoms with Crippen molar-refractivity contribution in [3.63, 3.8) is 0 Å². The summed E-state index contributed by atoms with van der Waals surface area (Å²) in [4.78, 5) is 77.9. The molecule has 2 aliphatic carbocycles. The van der Waals surface area contributed by atoms with E-state index >= 15 is 0 Å². The van der Waals surface area contributed by atoms with Gasteiger partial charge in [0.1, 0.15) is 47.0 Å². The van der Waals surface area contributed by atoms with Crippen LogP contribution in [0.25, 0.3) is 22.3 Å². The number of allylic oxidation sites excluding steroid dienone is 1. The predicted octanol–water partition coefficient (Wildman–Crippen LogP) is 6.59. The Balaban J connectivity index is 1.21. The monoisotopic (exact) mass is 880 g/mol. The SMILES string of the molecule is COc1ccc2c(O[C@@H]3C[C@H]4C(=O)N[C@]5(C(=O)O)C[C@@H]5/C=C\CCCCC[C@H](NC(=O)OC5CCCC5)C(=O)N4C3)cc(-c3csc(NC(=O)C(C)C)n3)nc2c1Br. The molecule has 4 heterocycles. The smallest absolute Gasteiger partial charge is 0.408 e. The molecule has 15 nitrogen and oxygen atoms in total. The Hall–Kier alpha value is -4.77. The van der Waals surface area contributed by atoms with Crippen LogP contribution in [0.15, 0.2) is 40.2 Å². The van der Waals surface area contributed by atoms with Gasteiger partial charge in [0, 0.05) is 35.1 Å². The number of aromatic nitrogens is 2. The van der Waals surface area contributed by atoms with Crippen LogP contribution in [0.1, 0.15) is 84.5 Å². The summed E-state index contributed by atoms with van der Waals surface area (Å²) in [5.41, 5.74) is -0.0342. The first-order chi connectivity index (χ1) is 27.9. The summed E-state index contributed by atoms with van der Waals surface area (Å²) < 4.78 is 18.5. The summed E-state index contributed by atoms with van der Waals surface area (Å²) in [6, 6.07) is 3.24. The number of aliphatic carboxylic acids is 1. The number of ether oxygens (including phenoxy) is 3. The van der Waals surface area contributed by atoms with Gasteiger partial charge in [0.15, 0.2) is 5.13 Å². The molecule has 3 fully saturated rings. The van der Waals surface area contributed by atoms with E-state index in [4.69, 9.17) is 19.2 Å². The fraction of sp³-hybridized carbons (Fsp3) is 0.537. The van der Waals surface area contributed by atoms with Gasteiger partial charge in [0.2, 0.25) is 17.7 Å². The molecule has 5 atom stereocenters. The first-order valence-corrected chi connectivity index (χ1v) is 21.6. The number of alkyl carbamates (subject to hydrolysis) is 1. The van der Waals surface area contributed by atoms with E-state index < -0.39 is 47.6 Å². The molecule has 17 heteroatoms. The van der Waals surface area contributed by atoms with Gasteiger partial charge in [0.05, 0.1) is 29.3 Å². The normalized spacial score (nSPS) is 25.8. The number of anilines is 1. The zero-order valence-electron chi connectivity index (χ0n) is 32.8. The van der Waals surface area contributed by atoms with E-state index in [-0.39, 0.29) is 43.2 Å². The molecule has 1 saturated heterocycles. The van der Waals surface area contributed by atoms with Crippen LogP contribution in [-0.4, -0.2) is 93.2 Å². The largest absolute Gasteiger partial charge is 0.495 e. The third kappa shape index (κ3) is 8.94. The first kappa shape index (κ1) is 41.4. The first-order valence-electron chi connectivity index (χ1n) is 20.0. The number of thiazole rings is 1. The number of benzene rings is 1. The minimum atomic E-state index is -1.48. The number of carboxylic acid groups (broad SMARTS) is 1. The molecule has 58 heavy (non-hydrogen) atoms. The molecule has 4 aliphatic rings. The number of carboxylic acids is 1. The second-order valence-electron chi connectivity index (χ2n) is 15.8. The molecule has 1 aromatic carbocycles. The number of hydrogen-bond acceptors (Lipinski definition) is 11. The molecule has 0 spiro atoms. The van der Waals surface area contributed by atoms with Gasteiger partial charge in [-0.3, -0.25) is 14.4 Å². The number of carbonyl (C=O) groups excluding carboxylic acids is 4. The van der Waals surface area contributed by atoms with Crippen LogP contribution in [0, 0.1) is 11.8 Å². The van der Waals surface area contributed by atoms with Crippen molar-refractivity contribution in [3.8, 4) is 22.9 Å². The number of fused-ring (bicyclic) bond motifs is 3. The summed E-state index contributed by atoms with van der Waals surface area (Å²) in [6.45, 7) is 3.57. The predicted molar refractivity (Wildman–Crippen MR) is 220 cm³/mol. The summed E-state index contributed by atoms with van der Waals surface area (Å²) in [5.74, 6) is -2.06. The molecule has 0 bridgehead atoms. The van der Waals surface area contributed by atoms with E-state index in [2.05, 4.69) is 36.9 Å². The Labute approximate surface area is 348 Å². The van der Waals surface area contributed by atoms with E-state index in [1.807, 2.05) is 12.2 Å². The van der Waals surface area contributed by atoms with Gasteiger partial charge < -0.3 is 40.2 Å². The third-order valence-corrected chi connectivity index (χ3v) is 12.9. The van der Waals surface area contributed by atoms with E-state index in [0.29, 0.717) is 56.2 Å². The average molecular weight is 882 g/mol. The Bertz CT molecular complexity index is 2100. The lowest BCUT2D eigenvalue weighted by Crippen LogP contribution is -2.56. The molecule has 4 amide bonds. The second-order valence-corrected chi connectivity index (χ2v) is 17.4. The van der Waals surface area contributed by atoms with Gasteiger partial charge in [-0.1, -0.05) is 38.8 Å². The van der Waals surface area contributed by atoms with Crippen LogP contribution < -0.4 is 25.4 Å². The number of carbonyl (C=O) groups is 5. The fourth-order valence-corrected chi connectivity index (χ4v) is 9.26. The van der Waals surface area contributed by atoms with Crippen molar-refractivity contribution in [2.24, 2.45) is 11.8 Å². The molecule has 3 aromatic rings. The number of methoxy groups -OCH3 is 1. The highest BCUT2D eigenvalue weighted by atomic mass is 79.9. The zero-order chi connectivity index (χ0) is 41.1. The molecule has 2 saturated carbocycles. The highest BCUT2D eigenvalue weighted by Gasteiger charge is 2.61. The van der Waals surface area contributed by atoms with Gasteiger partial charge >= 0.3 is 12.1 Å². The lowest BCUT2D eigenvalue weighted by molar-refractivity contribution is -0.145. The fourth-order valence-electron chi connectivity index (χ4n) is 7.95. The molecular weight excluding hydrogens is 832 g/mol. The van der Waals surface area contributed by atoms with Crippen molar-refractivity contribution in [2.45, 2.75) is 114 Å². The summed E-state index contributed by atoms with van der Waals surface area (Å²) >= 11 is 4.89. The number of hydrogen-bond donors (Lipinski definition) is 4. The summed E-state index contributed by atoms with van der Waals surface area (Å²) in [6.07, 6.45) is 9.32. The van der Waals surface area contributed by atoms with Crippen LogP contribution in [0.2, 0.25) is 0 Å². The average Bonchev–Trinajstić information content (AvgIpc) is 3.62. The molecule has 0 radical (unpaired) electrons. The lowest BCUT2D eigenvalue weighted by Gasteiger charge is -2.29. The van der Waals surface area contributed by atoms with Crippen molar-refractivity contribution < 1.29 is 43.3 Å². The molecule has 4 N–H and O–H groups in total. The minimum Gasteiger partial charge on any atom is -0.495 e. The summed E-state index contributed by atoms with van der Waals surface area (Å²) in [5, 5.41) is 21.5. The Kier molecular flexibility index (Phi) is 12.6. The molecule has 0 unspecified atom stereocenters. The molecule has 7 rings (SSSR count). The number of amides is 4. The topological polar surface area (TPSA) is 198 Å². The van der Waals surface area contributed by atoms with Crippen LogP contribution >= 0.6 is 27.3 Å². The maximum Gasteiger partial charge on any atom is 0.408 e. The summed E-state index contributed by atoms with van der Waals surface area (Å²) in [7, 11) is 1.55. The standard InChI is InChI=1S/C41H49BrN6O9S/c1-22(2)35(49)46-39-44-29(21-58-39)28-18-32(26-15-16-31(55-3)33(42)34(26)43-28)56-25-17-30-36(50)47-41(38(52)53)19-23(41)11-7-5-4-6-8-14-27(37(51)48(30)20-25)45-40(54)57-24-12-9-10-13-24/h7,11,15-16,18,21-25,27,30H,4-6,8-10,12-14,17,19-20H2,1-3H3,(H,45,54)(H,47,50)(H,52,53)(H,44,46,49)/b11-7-/t23-,25+,27-,30-,41+/m0/s1. The third-order valence-electron chi connectivity index (χ3n) is 11.4.